The van der Waals surface area contributed by atoms with Crippen LogP contribution in [0.4, 0.5) is 8.78 Å². The second kappa shape index (κ2) is 6.72. The maximum Gasteiger partial charge on any atom is 0.262 e. The molecule has 1 fully saturated rings. The highest BCUT2D eigenvalue weighted by molar-refractivity contribution is 7.13. The van der Waals surface area contributed by atoms with Crippen LogP contribution in [-0.2, 0) is 11.3 Å². The number of nitrogens with zero attached hydrogens (tertiary/aromatic N) is 1. The van der Waals surface area contributed by atoms with Crippen molar-refractivity contribution in [1.29, 1.82) is 0 Å². The summed E-state index contributed by atoms with van der Waals surface area (Å²) in [5, 5.41) is 7.00. The average Bonchev–Trinajstić information content (AvgIpc) is 3.15. The second-order valence-electron chi connectivity index (χ2n) is 4.83. The van der Waals surface area contributed by atoms with Crippen LogP contribution < -0.4 is 10.6 Å². The highest BCUT2D eigenvalue weighted by Crippen LogP contribution is 2.25. The molecule has 1 aliphatic heterocycles. The first-order valence-electron chi connectivity index (χ1n) is 6.41. The minimum atomic E-state index is -2.82. The number of rotatable bonds is 4. The summed E-state index contributed by atoms with van der Waals surface area (Å²) in [6, 6.07) is 2.91. The maximum atomic E-state index is 13.0. The molecule has 1 unspecified atom stereocenters. The molecule has 0 radical (unpaired) electrons. The summed E-state index contributed by atoms with van der Waals surface area (Å²) in [5.41, 5.74) is 0.552. The van der Waals surface area contributed by atoms with Crippen LogP contribution in [0.5, 0.6) is 0 Å². The molecule has 2 aromatic heterocycles. The van der Waals surface area contributed by atoms with Crippen molar-refractivity contribution in [3.8, 4) is 10.8 Å². The monoisotopic (exact) mass is 349 g/mol. The fourth-order valence-corrected chi connectivity index (χ4v) is 2.76. The smallest absolute Gasteiger partial charge is 0.262 e. The Morgan fingerprint density at radius 3 is 3.05 bits per heavy atom. The van der Waals surface area contributed by atoms with Crippen molar-refractivity contribution in [3.63, 3.8) is 0 Å². The fraction of sp³-hybridized carbons (Fsp3) is 0.385. The van der Waals surface area contributed by atoms with Crippen LogP contribution >= 0.6 is 23.7 Å². The molecule has 1 amide bonds. The first-order valence-corrected chi connectivity index (χ1v) is 7.29. The summed E-state index contributed by atoms with van der Waals surface area (Å²) in [6.07, 6.45) is 0.976. The molecule has 0 bridgehead atoms. The molecular weight excluding hydrogens is 336 g/mol. The average molecular weight is 350 g/mol. The van der Waals surface area contributed by atoms with Gasteiger partial charge in [-0.25, -0.2) is 13.8 Å². The van der Waals surface area contributed by atoms with Gasteiger partial charge in [-0.1, -0.05) is 6.07 Å². The number of carbonyl (C=O) groups excluding carboxylic acids is 1. The molecule has 1 saturated heterocycles. The number of oxazole rings is 1. The fourth-order valence-electron chi connectivity index (χ4n) is 2.10. The van der Waals surface area contributed by atoms with Crippen LogP contribution in [0.15, 0.2) is 28.2 Å². The summed E-state index contributed by atoms with van der Waals surface area (Å²) in [7, 11) is 0. The lowest BCUT2D eigenvalue weighted by atomic mass is 10.2. The van der Waals surface area contributed by atoms with Gasteiger partial charge >= 0.3 is 0 Å². The number of aromatic nitrogens is 1. The van der Waals surface area contributed by atoms with Crippen LogP contribution in [0.3, 0.4) is 0 Å². The van der Waals surface area contributed by atoms with Crippen LogP contribution in [0.1, 0.15) is 12.1 Å². The summed E-state index contributed by atoms with van der Waals surface area (Å²) < 4.78 is 31.3. The van der Waals surface area contributed by atoms with E-state index in [1.54, 1.807) is 0 Å². The molecule has 5 nitrogen and oxygen atoms in total. The van der Waals surface area contributed by atoms with Gasteiger partial charge in [-0.2, -0.15) is 0 Å². The predicted octanol–water partition coefficient (Wildman–Crippen LogP) is 2.44. The number of hydrogen-bond donors (Lipinski definition) is 2. The van der Waals surface area contributed by atoms with E-state index in [1.807, 2.05) is 17.5 Å². The van der Waals surface area contributed by atoms with Crippen LogP contribution in [0.25, 0.3) is 10.8 Å². The Balaban J connectivity index is 0.00000176. The lowest BCUT2D eigenvalue weighted by Crippen LogP contribution is -2.40. The van der Waals surface area contributed by atoms with Gasteiger partial charge in [0.05, 0.1) is 29.7 Å². The third-order valence-corrected chi connectivity index (χ3v) is 4.01. The number of carbonyl (C=O) groups is 1. The molecule has 9 heteroatoms. The minimum Gasteiger partial charge on any atom is -0.443 e. The molecule has 120 valence electrons. The Bertz CT molecular complexity index is 633. The van der Waals surface area contributed by atoms with Crippen molar-refractivity contribution in [3.05, 3.63) is 29.5 Å². The summed E-state index contributed by atoms with van der Waals surface area (Å²) in [4.78, 5) is 16.9. The molecule has 0 aliphatic carbocycles. The number of alkyl halides is 2. The van der Waals surface area contributed by atoms with E-state index in [4.69, 9.17) is 4.42 Å². The lowest BCUT2D eigenvalue weighted by Gasteiger charge is -2.09. The molecule has 0 saturated carbocycles. The zero-order chi connectivity index (χ0) is 14.9. The molecule has 3 rings (SSSR count). The molecule has 22 heavy (non-hydrogen) atoms. The topological polar surface area (TPSA) is 67.2 Å². The van der Waals surface area contributed by atoms with Gasteiger partial charge in [0.15, 0.2) is 0 Å². The molecular formula is C13H14ClF2N3O2S. The number of halogens is 3. The largest absolute Gasteiger partial charge is 0.443 e. The van der Waals surface area contributed by atoms with Crippen molar-refractivity contribution in [2.24, 2.45) is 0 Å². The van der Waals surface area contributed by atoms with E-state index in [0.29, 0.717) is 11.6 Å². The highest BCUT2D eigenvalue weighted by Gasteiger charge is 2.42. The maximum absolute atomic E-state index is 13.0. The zero-order valence-corrected chi connectivity index (χ0v) is 13.0. The first kappa shape index (κ1) is 16.9. The summed E-state index contributed by atoms with van der Waals surface area (Å²) in [6.45, 7) is -0.310. The Morgan fingerprint density at radius 2 is 2.41 bits per heavy atom. The number of thiophene rings is 1. The van der Waals surface area contributed by atoms with Gasteiger partial charge in [0.2, 0.25) is 11.8 Å². The van der Waals surface area contributed by atoms with Crippen molar-refractivity contribution < 1.29 is 18.0 Å². The van der Waals surface area contributed by atoms with Gasteiger partial charge in [0.1, 0.15) is 6.26 Å². The third-order valence-electron chi connectivity index (χ3n) is 3.15. The van der Waals surface area contributed by atoms with Crippen LogP contribution in [0.2, 0.25) is 0 Å². The minimum absolute atomic E-state index is 0. The second-order valence-corrected chi connectivity index (χ2v) is 5.78. The van der Waals surface area contributed by atoms with Crippen molar-refractivity contribution in [1.82, 2.24) is 15.6 Å². The molecule has 0 spiro atoms. The first-order chi connectivity index (χ1) is 10.0. The molecule has 2 N–H and O–H groups in total. The molecule has 1 aliphatic rings. The van der Waals surface area contributed by atoms with Gasteiger partial charge in [-0.15, -0.1) is 23.7 Å². The summed E-state index contributed by atoms with van der Waals surface area (Å²) >= 11 is 1.50. The Hall–Kier alpha value is -1.51. The van der Waals surface area contributed by atoms with Gasteiger partial charge in [-0.05, 0) is 11.4 Å². The van der Waals surface area contributed by atoms with E-state index in [1.165, 1.54) is 17.6 Å². The van der Waals surface area contributed by atoms with E-state index >= 15 is 0 Å². The van der Waals surface area contributed by atoms with Crippen molar-refractivity contribution >= 4 is 29.7 Å². The standard InChI is InChI=1S/C13H13F2N3O2S.ClH/c14-13(15)4-9(17-7-13)11(19)16-5-8-6-20-12(18-8)10-2-1-3-21-10;/h1-3,6,9,17H,4-5,7H2,(H,16,19);1H. The third kappa shape index (κ3) is 3.82. The van der Waals surface area contributed by atoms with E-state index in [-0.39, 0.29) is 19.0 Å². The number of amides is 1. The Labute approximate surface area is 135 Å². The predicted molar refractivity (Wildman–Crippen MR) is 80.3 cm³/mol. The molecule has 2 aromatic rings. The van der Waals surface area contributed by atoms with Crippen molar-refractivity contribution in [2.45, 2.75) is 24.9 Å². The van der Waals surface area contributed by atoms with Gasteiger partial charge in [0.25, 0.3) is 5.92 Å². The Morgan fingerprint density at radius 1 is 1.59 bits per heavy atom. The highest BCUT2D eigenvalue weighted by atomic mass is 35.5. The number of nitrogens with one attached hydrogen (secondary N) is 2. The normalized spacial score (nSPS) is 19.6. The molecule has 1 atom stereocenters. The van der Waals surface area contributed by atoms with E-state index in [2.05, 4.69) is 15.6 Å². The van der Waals surface area contributed by atoms with Crippen LogP contribution in [0, 0.1) is 0 Å². The SMILES string of the molecule is Cl.O=C(NCc1coc(-c2cccs2)n1)C1CC(F)(F)CN1. The lowest BCUT2D eigenvalue weighted by molar-refractivity contribution is -0.123. The Kier molecular flexibility index (Phi) is 5.15. The summed E-state index contributed by atoms with van der Waals surface area (Å²) in [5.74, 6) is -2.78. The molecule has 3 heterocycles. The quantitative estimate of drug-likeness (QED) is 0.889. The molecule has 0 aromatic carbocycles. The van der Waals surface area contributed by atoms with E-state index in [9.17, 15) is 13.6 Å². The van der Waals surface area contributed by atoms with Crippen molar-refractivity contribution in [2.75, 3.05) is 6.54 Å². The number of hydrogen-bond acceptors (Lipinski definition) is 5. The van der Waals surface area contributed by atoms with Crippen LogP contribution in [-0.4, -0.2) is 29.4 Å². The van der Waals surface area contributed by atoms with Gasteiger partial charge < -0.3 is 9.73 Å². The zero-order valence-electron chi connectivity index (χ0n) is 11.3. The van der Waals surface area contributed by atoms with E-state index in [0.717, 1.165) is 4.88 Å². The van der Waals surface area contributed by atoms with Gasteiger partial charge in [-0.3, -0.25) is 10.1 Å². The van der Waals surface area contributed by atoms with E-state index < -0.39 is 30.8 Å². The van der Waals surface area contributed by atoms with Gasteiger partial charge in [0, 0.05) is 6.42 Å².